The third kappa shape index (κ3) is 2.24. The van der Waals surface area contributed by atoms with Crippen molar-refractivity contribution in [3.63, 3.8) is 0 Å². The highest BCUT2D eigenvalue weighted by Gasteiger charge is 2.40. The van der Waals surface area contributed by atoms with E-state index < -0.39 is 0 Å². The molecule has 1 heteroatoms. The van der Waals surface area contributed by atoms with Crippen molar-refractivity contribution in [1.82, 2.24) is 0 Å². The Morgan fingerprint density at radius 1 is 1.21 bits per heavy atom. The molecule has 1 aromatic rings. The maximum Gasteiger partial charge on any atom is 0.0490 e. The third-order valence-corrected chi connectivity index (χ3v) is 2.95. The van der Waals surface area contributed by atoms with Crippen LogP contribution in [0, 0.1) is 5.41 Å². The van der Waals surface area contributed by atoms with Gasteiger partial charge in [0, 0.05) is 6.61 Å². The van der Waals surface area contributed by atoms with Crippen molar-refractivity contribution in [3.05, 3.63) is 42.0 Å². The van der Waals surface area contributed by atoms with Crippen LogP contribution in [0.4, 0.5) is 0 Å². The molecule has 1 N–H and O–H groups in total. The van der Waals surface area contributed by atoms with Crippen LogP contribution in [-0.4, -0.2) is 11.7 Å². The third-order valence-electron chi connectivity index (χ3n) is 2.95. The van der Waals surface area contributed by atoms with Crippen LogP contribution in [-0.2, 0) is 0 Å². The fourth-order valence-electron chi connectivity index (χ4n) is 1.61. The van der Waals surface area contributed by atoms with E-state index >= 15 is 0 Å². The quantitative estimate of drug-likeness (QED) is 0.770. The van der Waals surface area contributed by atoms with Crippen molar-refractivity contribution >= 4 is 6.08 Å². The smallest absolute Gasteiger partial charge is 0.0490 e. The highest BCUT2D eigenvalue weighted by Crippen LogP contribution is 2.48. The minimum Gasteiger partial charge on any atom is -0.396 e. The molecule has 1 aliphatic carbocycles. The van der Waals surface area contributed by atoms with Crippen LogP contribution in [0.5, 0.6) is 0 Å². The summed E-state index contributed by atoms with van der Waals surface area (Å²) in [5.74, 6) is 0. The molecule has 0 amide bonds. The Balaban J connectivity index is 1.89. The number of allylic oxidation sites excluding steroid dienone is 1. The van der Waals surface area contributed by atoms with Crippen molar-refractivity contribution < 1.29 is 5.11 Å². The van der Waals surface area contributed by atoms with Gasteiger partial charge in [-0.3, -0.25) is 0 Å². The molecule has 0 heterocycles. The van der Waals surface area contributed by atoms with Gasteiger partial charge in [-0.2, -0.15) is 0 Å². The first-order valence-corrected chi connectivity index (χ1v) is 5.17. The maximum atomic E-state index is 9.12. The van der Waals surface area contributed by atoms with Crippen LogP contribution < -0.4 is 0 Å². The van der Waals surface area contributed by atoms with Crippen molar-refractivity contribution in [2.45, 2.75) is 19.3 Å². The van der Waals surface area contributed by atoms with E-state index in [4.69, 9.17) is 5.11 Å². The average molecular weight is 188 g/mol. The van der Waals surface area contributed by atoms with E-state index in [1.54, 1.807) is 0 Å². The summed E-state index contributed by atoms with van der Waals surface area (Å²) in [6, 6.07) is 10.3. The van der Waals surface area contributed by atoms with Crippen molar-refractivity contribution in [1.29, 1.82) is 0 Å². The molecule has 0 radical (unpaired) electrons. The topological polar surface area (TPSA) is 20.2 Å². The molecular weight excluding hydrogens is 172 g/mol. The first kappa shape index (κ1) is 9.47. The Morgan fingerprint density at radius 3 is 2.50 bits per heavy atom. The summed E-state index contributed by atoms with van der Waals surface area (Å²) >= 11 is 0. The normalized spacial score (nSPS) is 18.6. The van der Waals surface area contributed by atoms with Crippen molar-refractivity contribution in [2.24, 2.45) is 5.41 Å². The largest absolute Gasteiger partial charge is 0.396 e. The second-order valence-corrected chi connectivity index (χ2v) is 4.18. The Morgan fingerprint density at radius 2 is 1.93 bits per heavy atom. The van der Waals surface area contributed by atoms with E-state index in [0.29, 0.717) is 6.61 Å². The standard InChI is InChI=1S/C13H16O/c14-11-13(9-10-13)8-4-7-12-5-2-1-3-6-12/h1-7,14H,8-11H2/b7-4+. The SMILES string of the molecule is OCC1(C/C=C/c2ccccc2)CC1. The average Bonchev–Trinajstić information content (AvgIpc) is 3.00. The summed E-state index contributed by atoms with van der Waals surface area (Å²) in [6.45, 7) is 0.339. The van der Waals surface area contributed by atoms with Crippen LogP contribution in [0.25, 0.3) is 6.08 Å². The Hall–Kier alpha value is -1.08. The van der Waals surface area contributed by atoms with Gasteiger partial charge in [0.15, 0.2) is 0 Å². The molecule has 0 spiro atoms. The van der Waals surface area contributed by atoms with E-state index in [1.165, 1.54) is 18.4 Å². The molecule has 0 bridgehead atoms. The predicted molar refractivity (Wildman–Crippen MR) is 58.8 cm³/mol. The molecule has 74 valence electrons. The number of rotatable bonds is 4. The fraction of sp³-hybridized carbons (Fsp3) is 0.385. The molecule has 0 aromatic heterocycles. The molecule has 2 rings (SSSR count). The summed E-state index contributed by atoms with van der Waals surface area (Å²) in [7, 11) is 0. The highest BCUT2D eigenvalue weighted by atomic mass is 16.3. The van der Waals surface area contributed by atoms with E-state index in [-0.39, 0.29) is 5.41 Å². The van der Waals surface area contributed by atoms with Crippen LogP contribution in [0.3, 0.4) is 0 Å². The fourth-order valence-corrected chi connectivity index (χ4v) is 1.61. The highest BCUT2D eigenvalue weighted by molar-refractivity contribution is 5.48. The van der Waals surface area contributed by atoms with Gasteiger partial charge < -0.3 is 5.11 Å². The Kier molecular flexibility index (Phi) is 2.69. The van der Waals surface area contributed by atoms with Gasteiger partial charge in [-0.25, -0.2) is 0 Å². The van der Waals surface area contributed by atoms with Gasteiger partial charge in [-0.05, 0) is 30.2 Å². The van der Waals surface area contributed by atoms with Gasteiger partial charge in [0.2, 0.25) is 0 Å². The Bertz CT molecular complexity index is 309. The minimum absolute atomic E-state index is 0.241. The number of hydrogen-bond donors (Lipinski definition) is 1. The van der Waals surface area contributed by atoms with E-state index in [0.717, 1.165) is 6.42 Å². The summed E-state index contributed by atoms with van der Waals surface area (Å²) in [6.07, 6.45) is 7.69. The lowest BCUT2D eigenvalue weighted by atomic mass is 10.0. The van der Waals surface area contributed by atoms with Gasteiger partial charge in [0.25, 0.3) is 0 Å². The number of hydrogen-bond acceptors (Lipinski definition) is 1. The van der Waals surface area contributed by atoms with Crippen LogP contribution in [0.2, 0.25) is 0 Å². The number of aliphatic hydroxyl groups is 1. The lowest BCUT2D eigenvalue weighted by Gasteiger charge is -2.06. The Labute approximate surface area is 85.1 Å². The minimum atomic E-state index is 0.241. The van der Waals surface area contributed by atoms with E-state index in [1.807, 2.05) is 18.2 Å². The number of benzene rings is 1. The lowest BCUT2D eigenvalue weighted by molar-refractivity contribution is 0.213. The van der Waals surface area contributed by atoms with Gasteiger partial charge >= 0.3 is 0 Å². The van der Waals surface area contributed by atoms with E-state index in [2.05, 4.69) is 24.3 Å². The first-order valence-electron chi connectivity index (χ1n) is 5.17. The second kappa shape index (κ2) is 3.97. The summed E-state index contributed by atoms with van der Waals surface area (Å²) in [4.78, 5) is 0. The summed E-state index contributed by atoms with van der Waals surface area (Å²) in [5, 5.41) is 9.12. The molecule has 14 heavy (non-hydrogen) atoms. The van der Waals surface area contributed by atoms with Gasteiger partial charge in [-0.1, -0.05) is 42.5 Å². The second-order valence-electron chi connectivity index (χ2n) is 4.18. The maximum absolute atomic E-state index is 9.12. The van der Waals surface area contributed by atoms with Gasteiger partial charge in [0.05, 0.1) is 0 Å². The lowest BCUT2D eigenvalue weighted by Crippen LogP contribution is -2.03. The summed E-state index contributed by atoms with van der Waals surface area (Å²) in [5.41, 5.74) is 1.48. The monoisotopic (exact) mass is 188 g/mol. The zero-order valence-corrected chi connectivity index (χ0v) is 8.32. The van der Waals surface area contributed by atoms with Gasteiger partial charge in [-0.15, -0.1) is 0 Å². The van der Waals surface area contributed by atoms with Crippen LogP contribution in [0.15, 0.2) is 36.4 Å². The molecular formula is C13H16O. The molecule has 1 fully saturated rings. The van der Waals surface area contributed by atoms with Crippen molar-refractivity contribution in [3.8, 4) is 0 Å². The van der Waals surface area contributed by atoms with E-state index in [9.17, 15) is 0 Å². The zero-order valence-electron chi connectivity index (χ0n) is 8.32. The predicted octanol–water partition coefficient (Wildman–Crippen LogP) is 2.86. The molecule has 1 aliphatic rings. The van der Waals surface area contributed by atoms with Crippen LogP contribution >= 0.6 is 0 Å². The molecule has 0 atom stereocenters. The van der Waals surface area contributed by atoms with Gasteiger partial charge in [0.1, 0.15) is 0 Å². The van der Waals surface area contributed by atoms with Crippen LogP contribution in [0.1, 0.15) is 24.8 Å². The molecule has 1 nitrogen and oxygen atoms in total. The molecule has 1 saturated carbocycles. The molecule has 1 aromatic carbocycles. The molecule has 0 aliphatic heterocycles. The molecule has 0 saturated heterocycles. The van der Waals surface area contributed by atoms with Crippen molar-refractivity contribution in [2.75, 3.05) is 6.61 Å². The summed E-state index contributed by atoms with van der Waals surface area (Å²) < 4.78 is 0. The molecule has 0 unspecified atom stereocenters. The zero-order chi connectivity index (χ0) is 9.86. The number of aliphatic hydroxyl groups excluding tert-OH is 1. The first-order chi connectivity index (χ1) is 6.85.